The maximum Gasteiger partial charge on any atom is 0.119 e. The van der Waals surface area contributed by atoms with Crippen molar-refractivity contribution in [3.05, 3.63) is 29.8 Å². The van der Waals surface area contributed by atoms with Crippen molar-refractivity contribution in [1.29, 1.82) is 0 Å². The molecule has 0 heterocycles. The van der Waals surface area contributed by atoms with Crippen molar-refractivity contribution in [2.24, 2.45) is 5.92 Å². The van der Waals surface area contributed by atoms with E-state index in [4.69, 9.17) is 4.74 Å². The zero-order valence-electron chi connectivity index (χ0n) is 13.1. The molecular weight excluding hydrogens is 232 g/mol. The fourth-order valence-electron chi connectivity index (χ4n) is 2.66. The Hall–Kier alpha value is -0.980. The van der Waals surface area contributed by atoms with E-state index < -0.39 is 0 Å². The van der Waals surface area contributed by atoms with Crippen molar-refractivity contribution in [3.8, 4) is 5.75 Å². The standard InChI is InChI=1S/C16H24O.C2H6/c1-3-6-14-9-11-15(12-10-14)17-16-8-5-4-7-13(16)2;1-2/h9-13,16H,3-8H2,1-2H3;1-2H3/t13-,16-;/m1./s1. The summed E-state index contributed by atoms with van der Waals surface area (Å²) in [6.45, 7) is 8.53. The minimum atomic E-state index is 0.431. The van der Waals surface area contributed by atoms with Crippen LogP contribution in [0.3, 0.4) is 0 Å². The minimum Gasteiger partial charge on any atom is -0.490 e. The van der Waals surface area contributed by atoms with E-state index in [9.17, 15) is 0 Å². The fourth-order valence-corrected chi connectivity index (χ4v) is 2.66. The van der Waals surface area contributed by atoms with Crippen molar-refractivity contribution in [2.45, 2.75) is 72.3 Å². The Morgan fingerprint density at radius 1 is 1.05 bits per heavy atom. The Balaban J connectivity index is 0.000000861. The van der Waals surface area contributed by atoms with Crippen molar-refractivity contribution in [3.63, 3.8) is 0 Å². The molecule has 1 aliphatic carbocycles. The van der Waals surface area contributed by atoms with E-state index in [1.807, 2.05) is 13.8 Å². The van der Waals surface area contributed by atoms with Crippen LogP contribution in [-0.2, 0) is 6.42 Å². The number of benzene rings is 1. The molecule has 0 saturated heterocycles. The third kappa shape index (κ3) is 5.26. The third-order valence-electron chi connectivity index (χ3n) is 3.78. The smallest absolute Gasteiger partial charge is 0.119 e. The summed E-state index contributed by atoms with van der Waals surface area (Å²) in [6.07, 6.45) is 8.04. The molecule has 0 spiro atoms. The number of hydrogen-bond donors (Lipinski definition) is 0. The molecule has 1 heteroatoms. The Labute approximate surface area is 119 Å². The monoisotopic (exact) mass is 262 g/mol. The van der Waals surface area contributed by atoms with Gasteiger partial charge in [0.1, 0.15) is 11.9 Å². The van der Waals surface area contributed by atoms with Gasteiger partial charge in [-0.05, 0) is 49.3 Å². The van der Waals surface area contributed by atoms with Crippen molar-refractivity contribution in [1.82, 2.24) is 0 Å². The summed E-state index contributed by atoms with van der Waals surface area (Å²) in [5.74, 6) is 1.75. The van der Waals surface area contributed by atoms with E-state index >= 15 is 0 Å². The molecule has 0 N–H and O–H groups in total. The molecule has 2 atom stereocenters. The first-order valence-electron chi connectivity index (χ1n) is 8.05. The lowest BCUT2D eigenvalue weighted by Gasteiger charge is -2.29. The maximum absolute atomic E-state index is 6.10. The summed E-state index contributed by atoms with van der Waals surface area (Å²) in [5, 5.41) is 0. The normalized spacial score (nSPS) is 22.3. The number of rotatable bonds is 4. The van der Waals surface area contributed by atoms with Gasteiger partial charge in [0.25, 0.3) is 0 Å². The first-order valence-corrected chi connectivity index (χ1v) is 8.05. The second kappa shape index (κ2) is 9.01. The first kappa shape index (κ1) is 16.1. The molecule has 1 aromatic carbocycles. The molecule has 0 aliphatic heterocycles. The summed E-state index contributed by atoms with van der Waals surface area (Å²) in [5.41, 5.74) is 1.41. The molecule has 1 nitrogen and oxygen atoms in total. The van der Waals surface area contributed by atoms with Crippen LogP contribution in [0, 0.1) is 5.92 Å². The minimum absolute atomic E-state index is 0.431. The molecule has 108 valence electrons. The van der Waals surface area contributed by atoms with E-state index in [0.717, 1.165) is 5.75 Å². The Kier molecular flexibility index (Phi) is 7.62. The number of aryl methyl sites for hydroxylation is 1. The molecule has 0 amide bonds. The van der Waals surface area contributed by atoms with Gasteiger partial charge in [-0.15, -0.1) is 0 Å². The summed E-state index contributed by atoms with van der Waals surface area (Å²) in [6, 6.07) is 8.66. The molecule has 2 rings (SSSR count). The van der Waals surface area contributed by atoms with Gasteiger partial charge < -0.3 is 4.74 Å². The summed E-state index contributed by atoms with van der Waals surface area (Å²) in [4.78, 5) is 0. The van der Waals surface area contributed by atoms with E-state index in [-0.39, 0.29) is 0 Å². The summed E-state index contributed by atoms with van der Waals surface area (Å²) < 4.78 is 6.10. The van der Waals surface area contributed by atoms with Gasteiger partial charge in [0, 0.05) is 0 Å². The van der Waals surface area contributed by atoms with Gasteiger partial charge in [0.2, 0.25) is 0 Å². The predicted octanol–water partition coefficient (Wildman–Crippen LogP) is 5.62. The van der Waals surface area contributed by atoms with Crippen LogP contribution in [0.2, 0.25) is 0 Å². The third-order valence-corrected chi connectivity index (χ3v) is 3.78. The van der Waals surface area contributed by atoms with Crippen LogP contribution in [0.15, 0.2) is 24.3 Å². The van der Waals surface area contributed by atoms with Gasteiger partial charge in [-0.25, -0.2) is 0 Å². The van der Waals surface area contributed by atoms with Crippen molar-refractivity contribution in [2.75, 3.05) is 0 Å². The lowest BCUT2D eigenvalue weighted by atomic mass is 9.88. The second-order valence-electron chi connectivity index (χ2n) is 5.31. The highest BCUT2D eigenvalue weighted by Gasteiger charge is 2.22. The van der Waals surface area contributed by atoms with E-state index in [0.29, 0.717) is 12.0 Å². The van der Waals surface area contributed by atoms with Crippen LogP contribution in [-0.4, -0.2) is 6.10 Å². The van der Waals surface area contributed by atoms with Gasteiger partial charge in [0.15, 0.2) is 0 Å². The number of hydrogen-bond acceptors (Lipinski definition) is 1. The molecule has 1 aliphatic rings. The average Bonchev–Trinajstić information content (AvgIpc) is 2.46. The lowest BCUT2D eigenvalue weighted by molar-refractivity contribution is 0.102. The predicted molar refractivity (Wildman–Crippen MR) is 83.8 cm³/mol. The van der Waals surface area contributed by atoms with Gasteiger partial charge in [0.05, 0.1) is 0 Å². The lowest BCUT2D eigenvalue weighted by Crippen LogP contribution is -2.28. The molecular formula is C18H30O. The van der Waals surface area contributed by atoms with Gasteiger partial charge in [-0.3, -0.25) is 0 Å². The highest BCUT2D eigenvalue weighted by atomic mass is 16.5. The maximum atomic E-state index is 6.10. The average molecular weight is 262 g/mol. The SMILES string of the molecule is CC.CCCc1ccc(O[C@@H]2CCCC[C@H]2C)cc1. The Morgan fingerprint density at radius 2 is 1.68 bits per heavy atom. The molecule has 19 heavy (non-hydrogen) atoms. The summed E-state index contributed by atoms with van der Waals surface area (Å²) >= 11 is 0. The molecule has 1 aromatic rings. The van der Waals surface area contributed by atoms with Crippen LogP contribution in [0.5, 0.6) is 5.75 Å². The molecule has 0 unspecified atom stereocenters. The Morgan fingerprint density at radius 3 is 2.26 bits per heavy atom. The topological polar surface area (TPSA) is 9.23 Å². The van der Waals surface area contributed by atoms with Gasteiger partial charge >= 0.3 is 0 Å². The number of ether oxygens (including phenoxy) is 1. The largest absolute Gasteiger partial charge is 0.490 e. The van der Waals surface area contributed by atoms with Crippen molar-refractivity contribution < 1.29 is 4.74 Å². The van der Waals surface area contributed by atoms with Gasteiger partial charge in [-0.2, -0.15) is 0 Å². The fraction of sp³-hybridized carbons (Fsp3) is 0.667. The Bertz CT molecular complexity index is 328. The van der Waals surface area contributed by atoms with Crippen LogP contribution in [0.25, 0.3) is 0 Å². The van der Waals surface area contributed by atoms with Crippen LogP contribution in [0.1, 0.15) is 65.4 Å². The van der Waals surface area contributed by atoms with E-state index in [1.54, 1.807) is 0 Å². The van der Waals surface area contributed by atoms with Crippen LogP contribution >= 0.6 is 0 Å². The zero-order valence-corrected chi connectivity index (χ0v) is 13.1. The van der Waals surface area contributed by atoms with Gasteiger partial charge in [-0.1, -0.05) is 52.7 Å². The van der Waals surface area contributed by atoms with E-state index in [2.05, 4.69) is 38.1 Å². The van der Waals surface area contributed by atoms with Crippen molar-refractivity contribution >= 4 is 0 Å². The van der Waals surface area contributed by atoms with Crippen LogP contribution < -0.4 is 4.74 Å². The molecule has 1 saturated carbocycles. The zero-order chi connectivity index (χ0) is 14.1. The molecule has 0 radical (unpaired) electrons. The second-order valence-corrected chi connectivity index (χ2v) is 5.31. The summed E-state index contributed by atoms with van der Waals surface area (Å²) in [7, 11) is 0. The highest BCUT2D eigenvalue weighted by molar-refractivity contribution is 5.27. The molecule has 0 bridgehead atoms. The van der Waals surface area contributed by atoms with E-state index in [1.165, 1.54) is 44.1 Å². The van der Waals surface area contributed by atoms with Crippen LogP contribution in [0.4, 0.5) is 0 Å². The quantitative estimate of drug-likeness (QED) is 0.684. The first-order chi connectivity index (χ1) is 9.29. The molecule has 0 aromatic heterocycles. The highest BCUT2D eigenvalue weighted by Crippen LogP contribution is 2.28. The molecule has 1 fully saturated rings.